The number of nitrogen functional groups attached to an aromatic ring is 1. The highest BCUT2D eigenvalue weighted by Gasteiger charge is 2.12. The van der Waals surface area contributed by atoms with Gasteiger partial charge in [-0.05, 0) is 23.9 Å². The lowest BCUT2D eigenvalue weighted by molar-refractivity contribution is 1.10. The van der Waals surface area contributed by atoms with Crippen LogP contribution in [-0.2, 0) is 0 Å². The molecule has 0 aromatic carbocycles. The summed E-state index contributed by atoms with van der Waals surface area (Å²) < 4.78 is 0. The summed E-state index contributed by atoms with van der Waals surface area (Å²) in [4.78, 5) is 5.82. The number of aromatic amines is 1. The van der Waals surface area contributed by atoms with Crippen molar-refractivity contribution in [3.8, 4) is 21.1 Å². The molecule has 4 nitrogen and oxygen atoms in total. The first kappa shape index (κ1) is 10.5. The third-order valence-corrected chi connectivity index (χ3v) is 4.41. The zero-order valence-corrected chi connectivity index (χ0v) is 10.7. The van der Waals surface area contributed by atoms with Crippen LogP contribution in [0, 0.1) is 6.92 Å². The van der Waals surface area contributed by atoms with E-state index in [1.54, 1.807) is 28.9 Å². The van der Waals surface area contributed by atoms with Crippen molar-refractivity contribution in [2.75, 3.05) is 5.73 Å². The first-order chi connectivity index (χ1) is 8.25. The minimum atomic E-state index is 0.564. The third kappa shape index (κ3) is 1.75. The van der Waals surface area contributed by atoms with Crippen LogP contribution in [0.3, 0.4) is 0 Å². The molecule has 6 heteroatoms. The maximum absolute atomic E-state index is 5.78. The Morgan fingerprint density at radius 3 is 2.88 bits per heavy atom. The number of nitrogens with two attached hydrogens (primary N) is 1. The standard InChI is InChI=1S/C11H10N4S2/c1-6-2-3-16-9(6)8-5-17-11(14-8)7-4-13-15-10(7)12/h2-5H,1H3,(H3,12,13,15). The quantitative estimate of drug-likeness (QED) is 0.745. The normalized spacial score (nSPS) is 10.9. The van der Waals surface area contributed by atoms with Crippen molar-refractivity contribution in [3.63, 3.8) is 0 Å². The fourth-order valence-electron chi connectivity index (χ4n) is 1.60. The molecule has 3 N–H and O–H groups in total. The molecule has 0 saturated carbocycles. The molecule has 86 valence electrons. The molecule has 3 aromatic heterocycles. The van der Waals surface area contributed by atoms with Gasteiger partial charge in [-0.15, -0.1) is 22.7 Å². The van der Waals surface area contributed by atoms with Gasteiger partial charge in [-0.1, -0.05) is 0 Å². The van der Waals surface area contributed by atoms with Gasteiger partial charge in [0, 0.05) is 5.38 Å². The van der Waals surface area contributed by atoms with E-state index < -0.39 is 0 Å². The van der Waals surface area contributed by atoms with Crippen LogP contribution in [0.4, 0.5) is 5.82 Å². The Kier molecular flexibility index (Phi) is 2.45. The second-order valence-corrected chi connectivity index (χ2v) is 5.44. The average Bonchev–Trinajstić information content (AvgIpc) is 2.97. The summed E-state index contributed by atoms with van der Waals surface area (Å²) in [6, 6.07) is 2.10. The van der Waals surface area contributed by atoms with Crippen molar-refractivity contribution >= 4 is 28.5 Å². The minimum absolute atomic E-state index is 0.564. The number of aryl methyl sites for hydroxylation is 1. The first-order valence-electron chi connectivity index (χ1n) is 5.05. The zero-order chi connectivity index (χ0) is 11.8. The Balaban J connectivity index is 2.05. The highest BCUT2D eigenvalue weighted by molar-refractivity contribution is 7.15. The number of hydrogen-bond donors (Lipinski definition) is 2. The Morgan fingerprint density at radius 2 is 2.24 bits per heavy atom. The molecular formula is C11H10N4S2. The Labute approximate surface area is 106 Å². The highest BCUT2D eigenvalue weighted by Crippen LogP contribution is 2.34. The van der Waals surface area contributed by atoms with Crippen LogP contribution in [-0.4, -0.2) is 15.2 Å². The van der Waals surface area contributed by atoms with Crippen molar-refractivity contribution in [1.29, 1.82) is 0 Å². The van der Waals surface area contributed by atoms with Crippen LogP contribution in [0.2, 0.25) is 0 Å². The van der Waals surface area contributed by atoms with E-state index in [0.717, 1.165) is 16.3 Å². The molecule has 0 atom stereocenters. The zero-order valence-electron chi connectivity index (χ0n) is 9.10. The fraction of sp³-hybridized carbons (Fsp3) is 0.0909. The van der Waals surface area contributed by atoms with Crippen LogP contribution in [0.5, 0.6) is 0 Å². The molecule has 0 aliphatic carbocycles. The number of anilines is 1. The molecule has 3 aromatic rings. The summed E-state index contributed by atoms with van der Waals surface area (Å²) in [6.07, 6.45) is 1.71. The number of thiophene rings is 1. The van der Waals surface area contributed by atoms with Gasteiger partial charge >= 0.3 is 0 Å². The van der Waals surface area contributed by atoms with Gasteiger partial charge in [0.2, 0.25) is 0 Å². The molecule has 0 amide bonds. The lowest BCUT2D eigenvalue weighted by Crippen LogP contribution is -1.87. The molecular weight excluding hydrogens is 252 g/mol. The summed E-state index contributed by atoms with van der Waals surface area (Å²) in [6.45, 7) is 2.09. The van der Waals surface area contributed by atoms with Crippen LogP contribution in [0.15, 0.2) is 23.0 Å². The predicted octanol–water partition coefficient (Wildman–Crippen LogP) is 3.15. The number of H-pyrrole nitrogens is 1. The maximum Gasteiger partial charge on any atom is 0.129 e. The fourth-order valence-corrected chi connectivity index (χ4v) is 3.40. The van der Waals surface area contributed by atoms with Crippen LogP contribution >= 0.6 is 22.7 Å². The Morgan fingerprint density at radius 1 is 1.35 bits per heavy atom. The van der Waals surface area contributed by atoms with E-state index in [-0.39, 0.29) is 0 Å². The number of nitrogens with zero attached hydrogens (tertiary/aromatic N) is 2. The molecule has 3 heterocycles. The van der Waals surface area contributed by atoms with Gasteiger partial charge in [-0.3, -0.25) is 5.10 Å². The van der Waals surface area contributed by atoms with Crippen LogP contribution < -0.4 is 5.73 Å². The van der Waals surface area contributed by atoms with E-state index in [1.165, 1.54) is 10.4 Å². The average molecular weight is 262 g/mol. The largest absolute Gasteiger partial charge is 0.383 e. The summed E-state index contributed by atoms with van der Waals surface area (Å²) in [5.74, 6) is 0.564. The second kappa shape index (κ2) is 3.97. The molecule has 3 rings (SSSR count). The van der Waals surface area contributed by atoms with Gasteiger partial charge in [-0.25, -0.2) is 4.98 Å². The van der Waals surface area contributed by atoms with E-state index in [9.17, 15) is 0 Å². The summed E-state index contributed by atoms with van der Waals surface area (Å²) in [5, 5.41) is 11.7. The van der Waals surface area contributed by atoms with Gasteiger partial charge in [0.25, 0.3) is 0 Å². The Hall–Kier alpha value is -1.66. The topological polar surface area (TPSA) is 67.6 Å². The lowest BCUT2D eigenvalue weighted by Gasteiger charge is -1.93. The van der Waals surface area contributed by atoms with E-state index in [2.05, 4.69) is 38.9 Å². The van der Waals surface area contributed by atoms with Crippen molar-refractivity contribution in [1.82, 2.24) is 15.2 Å². The maximum atomic E-state index is 5.78. The smallest absolute Gasteiger partial charge is 0.129 e. The molecule has 0 aliphatic rings. The SMILES string of the molecule is Cc1ccsc1-c1csc(-c2cn[nH]c2N)n1. The van der Waals surface area contributed by atoms with E-state index in [1.807, 2.05) is 0 Å². The van der Waals surface area contributed by atoms with Crippen molar-refractivity contribution in [3.05, 3.63) is 28.6 Å². The molecule has 17 heavy (non-hydrogen) atoms. The third-order valence-electron chi connectivity index (χ3n) is 2.50. The molecule has 0 bridgehead atoms. The summed E-state index contributed by atoms with van der Waals surface area (Å²) in [7, 11) is 0. The molecule has 0 unspecified atom stereocenters. The number of aromatic nitrogens is 3. The lowest BCUT2D eigenvalue weighted by atomic mass is 10.2. The monoisotopic (exact) mass is 262 g/mol. The Bertz CT molecular complexity index is 595. The summed E-state index contributed by atoms with van der Waals surface area (Å²) in [5.41, 5.74) is 8.92. The number of hydrogen-bond acceptors (Lipinski definition) is 5. The minimum Gasteiger partial charge on any atom is -0.383 e. The molecule has 0 saturated heterocycles. The van der Waals surface area contributed by atoms with Crippen LogP contribution in [0.25, 0.3) is 21.1 Å². The van der Waals surface area contributed by atoms with E-state index in [0.29, 0.717) is 5.82 Å². The van der Waals surface area contributed by atoms with Gasteiger partial charge in [-0.2, -0.15) is 5.10 Å². The molecule has 0 aliphatic heterocycles. The summed E-state index contributed by atoms with van der Waals surface area (Å²) >= 11 is 3.29. The van der Waals surface area contributed by atoms with Gasteiger partial charge in [0.1, 0.15) is 10.8 Å². The van der Waals surface area contributed by atoms with Crippen molar-refractivity contribution < 1.29 is 0 Å². The van der Waals surface area contributed by atoms with Gasteiger partial charge in [0.05, 0.1) is 22.3 Å². The first-order valence-corrected chi connectivity index (χ1v) is 6.81. The van der Waals surface area contributed by atoms with Gasteiger partial charge < -0.3 is 5.73 Å². The van der Waals surface area contributed by atoms with Crippen molar-refractivity contribution in [2.24, 2.45) is 0 Å². The van der Waals surface area contributed by atoms with Gasteiger partial charge in [0.15, 0.2) is 0 Å². The number of nitrogens with one attached hydrogen (secondary N) is 1. The second-order valence-electron chi connectivity index (χ2n) is 3.67. The van der Waals surface area contributed by atoms with Crippen LogP contribution in [0.1, 0.15) is 5.56 Å². The molecule has 0 radical (unpaired) electrons. The van der Waals surface area contributed by atoms with E-state index >= 15 is 0 Å². The number of rotatable bonds is 2. The van der Waals surface area contributed by atoms with E-state index in [4.69, 9.17) is 5.73 Å². The molecule has 0 spiro atoms. The predicted molar refractivity (Wildman–Crippen MR) is 72.2 cm³/mol. The highest BCUT2D eigenvalue weighted by atomic mass is 32.1. The van der Waals surface area contributed by atoms with Crippen molar-refractivity contribution in [2.45, 2.75) is 6.92 Å². The number of thiazole rings is 1. The molecule has 0 fully saturated rings.